The van der Waals surface area contributed by atoms with E-state index in [0.29, 0.717) is 31.4 Å². The Morgan fingerprint density at radius 2 is 1.97 bits per heavy atom. The molecular weight excluding hydrogens is 378 g/mol. The van der Waals surface area contributed by atoms with Crippen molar-refractivity contribution >= 4 is 11.8 Å². The van der Waals surface area contributed by atoms with Gasteiger partial charge in [0.2, 0.25) is 11.8 Å². The number of hydrogen-bond donors (Lipinski definition) is 2. The van der Waals surface area contributed by atoms with E-state index in [1.54, 1.807) is 36.5 Å². The highest BCUT2D eigenvalue weighted by molar-refractivity contribution is 5.88. The van der Waals surface area contributed by atoms with Crippen LogP contribution in [-0.4, -0.2) is 45.9 Å². The van der Waals surface area contributed by atoms with Crippen LogP contribution in [0.5, 0.6) is 0 Å². The van der Waals surface area contributed by atoms with Gasteiger partial charge in [0.05, 0.1) is 5.69 Å². The fraction of sp³-hybridized carbons (Fsp3) is 0.476. The predicted octanol–water partition coefficient (Wildman–Crippen LogP) is 3.54. The van der Waals surface area contributed by atoms with E-state index in [1.807, 2.05) is 13.8 Å². The van der Waals surface area contributed by atoms with Gasteiger partial charge in [-0.05, 0) is 36.0 Å². The fourth-order valence-corrected chi connectivity index (χ4v) is 3.63. The number of H-pyrrole nitrogens is 1. The van der Waals surface area contributed by atoms with Crippen molar-refractivity contribution in [2.24, 2.45) is 5.92 Å². The van der Waals surface area contributed by atoms with Gasteiger partial charge in [-0.15, -0.1) is 0 Å². The van der Waals surface area contributed by atoms with E-state index in [2.05, 4.69) is 15.5 Å². The summed E-state index contributed by atoms with van der Waals surface area (Å²) in [7, 11) is 0. The molecule has 8 heteroatoms. The highest BCUT2D eigenvalue weighted by Gasteiger charge is 2.36. The quantitative estimate of drug-likeness (QED) is 0.741. The minimum atomic E-state index is -2.77. The van der Waals surface area contributed by atoms with Gasteiger partial charge >= 0.3 is 0 Å². The highest BCUT2D eigenvalue weighted by Crippen LogP contribution is 2.26. The molecule has 0 aliphatic carbocycles. The molecule has 2 unspecified atom stereocenters. The van der Waals surface area contributed by atoms with Gasteiger partial charge in [0, 0.05) is 19.2 Å². The molecular formula is C21H26F2N4O2. The molecule has 156 valence electrons. The molecule has 2 atom stereocenters. The Kier molecular flexibility index (Phi) is 6.61. The molecule has 1 fully saturated rings. The van der Waals surface area contributed by atoms with Crippen molar-refractivity contribution in [3.63, 3.8) is 0 Å². The molecule has 2 amide bonds. The lowest BCUT2D eigenvalue weighted by Gasteiger charge is -2.27. The van der Waals surface area contributed by atoms with Crippen molar-refractivity contribution in [3.8, 4) is 11.3 Å². The first-order valence-corrected chi connectivity index (χ1v) is 9.84. The van der Waals surface area contributed by atoms with E-state index < -0.39 is 24.4 Å². The largest absolute Gasteiger partial charge is 0.342 e. The zero-order valence-electron chi connectivity index (χ0n) is 16.6. The summed E-state index contributed by atoms with van der Waals surface area (Å²) in [5, 5.41) is 9.15. The van der Waals surface area contributed by atoms with Crippen LogP contribution in [0.4, 0.5) is 8.78 Å². The summed E-state index contributed by atoms with van der Waals surface area (Å²) in [6.45, 7) is 4.35. The summed E-state index contributed by atoms with van der Waals surface area (Å²) in [5.74, 6) is -0.452. The van der Waals surface area contributed by atoms with Gasteiger partial charge < -0.3 is 10.2 Å². The lowest BCUT2D eigenvalue weighted by atomic mass is 10.0. The third-order valence-corrected chi connectivity index (χ3v) is 5.09. The first-order valence-electron chi connectivity index (χ1n) is 9.84. The monoisotopic (exact) mass is 404 g/mol. The van der Waals surface area contributed by atoms with Crippen LogP contribution in [0.1, 0.15) is 44.7 Å². The molecule has 29 heavy (non-hydrogen) atoms. The average Bonchev–Trinajstić information content (AvgIpc) is 3.37. The number of likely N-dealkylation sites (tertiary alicyclic amines) is 1. The number of carbonyl (C=O) groups is 2. The van der Waals surface area contributed by atoms with Gasteiger partial charge in [-0.1, -0.05) is 38.1 Å². The van der Waals surface area contributed by atoms with Gasteiger partial charge in [-0.2, -0.15) is 5.10 Å². The number of aromatic amines is 1. The number of aromatic nitrogens is 2. The minimum Gasteiger partial charge on any atom is -0.342 e. The van der Waals surface area contributed by atoms with Crippen LogP contribution in [0.3, 0.4) is 0 Å². The van der Waals surface area contributed by atoms with Crippen molar-refractivity contribution in [1.29, 1.82) is 0 Å². The molecule has 2 aromatic rings. The Morgan fingerprint density at radius 3 is 2.55 bits per heavy atom. The van der Waals surface area contributed by atoms with Gasteiger partial charge in [0.1, 0.15) is 12.1 Å². The third kappa shape index (κ3) is 4.99. The third-order valence-electron chi connectivity index (χ3n) is 5.09. The summed E-state index contributed by atoms with van der Waals surface area (Å²) < 4.78 is 27.4. The molecule has 2 N–H and O–H groups in total. The summed E-state index contributed by atoms with van der Waals surface area (Å²) in [6.07, 6.45) is 0.374. The van der Waals surface area contributed by atoms with Crippen LogP contribution < -0.4 is 5.32 Å². The zero-order chi connectivity index (χ0) is 21.0. The number of carbonyl (C=O) groups excluding carboxylic acids is 2. The zero-order valence-corrected chi connectivity index (χ0v) is 16.6. The molecule has 1 aromatic heterocycles. The number of halogens is 2. The Morgan fingerprint density at radius 1 is 1.24 bits per heavy atom. The summed E-state index contributed by atoms with van der Waals surface area (Å²) in [6, 6.07) is 6.22. The molecule has 1 aliphatic heterocycles. The molecule has 1 aliphatic rings. The van der Waals surface area contributed by atoms with Crippen LogP contribution in [0.25, 0.3) is 11.3 Å². The number of hydrogen-bond acceptors (Lipinski definition) is 3. The predicted molar refractivity (Wildman–Crippen MR) is 105 cm³/mol. The maximum absolute atomic E-state index is 13.7. The number of nitrogens with one attached hydrogen (secondary N) is 2. The molecule has 6 nitrogen and oxygen atoms in total. The van der Waals surface area contributed by atoms with Crippen LogP contribution in [-0.2, 0) is 9.59 Å². The second-order valence-electron chi connectivity index (χ2n) is 7.76. The Labute approximate surface area is 168 Å². The second kappa shape index (κ2) is 9.15. The molecule has 2 heterocycles. The summed E-state index contributed by atoms with van der Waals surface area (Å²) in [4.78, 5) is 26.7. The van der Waals surface area contributed by atoms with Crippen LogP contribution >= 0.6 is 0 Å². The van der Waals surface area contributed by atoms with Crippen molar-refractivity contribution in [1.82, 2.24) is 20.4 Å². The maximum Gasteiger partial charge on any atom is 0.262 e. The average molecular weight is 404 g/mol. The summed E-state index contributed by atoms with van der Waals surface area (Å²) in [5.41, 5.74) is 1.90. The van der Waals surface area contributed by atoms with Crippen molar-refractivity contribution < 1.29 is 18.4 Å². The first-order chi connectivity index (χ1) is 13.9. The fourth-order valence-electron chi connectivity index (χ4n) is 3.63. The van der Waals surface area contributed by atoms with E-state index in [9.17, 15) is 18.4 Å². The van der Waals surface area contributed by atoms with Crippen molar-refractivity contribution in [2.75, 3.05) is 6.54 Å². The second-order valence-corrected chi connectivity index (χ2v) is 7.76. The smallest absolute Gasteiger partial charge is 0.262 e. The van der Waals surface area contributed by atoms with Gasteiger partial charge in [-0.3, -0.25) is 14.7 Å². The molecule has 0 bridgehead atoms. The number of rotatable bonds is 7. The van der Waals surface area contributed by atoms with Gasteiger partial charge in [0.25, 0.3) is 6.43 Å². The van der Waals surface area contributed by atoms with E-state index in [1.165, 1.54) is 4.90 Å². The Balaban J connectivity index is 1.71. The molecule has 0 radical (unpaired) electrons. The van der Waals surface area contributed by atoms with E-state index in [4.69, 9.17) is 0 Å². The lowest BCUT2D eigenvalue weighted by molar-refractivity contribution is -0.139. The van der Waals surface area contributed by atoms with E-state index in [0.717, 1.165) is 11.3 Å². The van der Waals surface area contributed by atoms with Crippen molar-refractivity contribution in [2.45, 2.75) is 51.6 Å². The van der Waals surface area contributed by atoms with E-state index >= 15 is 0 Å². The van der Waals surface area contributed by atoms with E-state index in [-0.39, 0.29) is 11.8 Å². The molecule has 1 saturated heterocycles. The standard InChI is InChI=1S/C21H26F2N4O2/c1-13(2)12-18(28)27-11-3-4-17(27)21(29)25-19(20(22)23)15-7-5-14(6-8-15)16-9-10-24-26-16/h5-10,13,17,19-20H,3-4,11-12H2,1-2H3,(H,24,26)(H,25,29). The van der Waals surface area contributed by atoms with Gasteiger partial charge in [-0.25, -0.2) is 8.78 Å². The number of alkyl halides is 2. The topological polar surface area (TPSA) is 78.1 Å². The number of benzene rings is 1. The Hall–Kier alpha value is -2.77. The number of nitrogens with zero attached hydrogens (tertiary/aromatic N) is 2. The number of amides is 2. The minimum absolute atomic E-state index is 0.102. The van der Waals surface area contributed by atoms with Gasteiger partial charge in [0.15, 0.2) is 0 Å². The molecule has 0 spiro atoms. The maximum atomic E-state index is 13.7. The molecule has 3 rings (SSSR count). The first kappa shape index (κ1) is 21.0. The van der Waals surface area contributed by atoms with Crippen LogP contribution in [0.15, 0.2) is 36.5 Å². The normalized spacial score (nSPS) is 17.7. The summed E-state index contributed by atoms with van der Waals surface area (Å²) >= 11 is 0. The molecule has 1 aromatic carbocycles. The van der Waals surface area contributed by atoms with Crippen LogP contribution in [0, 0.1) is 5.92 Å². The Bertz CT molecular complexity index is 822. The molecule has 0 saturated carbocycles. The lowest BCUT2D eigenvalue weighted by Crippen LogP contribution is -2.48. The van der Waals surface area contributed by atoms with Crippen LogP contribution in [0.2, 0.25) is 0 Å². The SMILES string of the molecule is CC(C)CC(=O)N1CCCC1C(=O)NC(c1ccc(-c2ccn[nH]2)cc1)C(F)F. The van der Waals surface area contributed by atoms with Crippen molar-refractivity contribution in [3.05, 3.63) is 42.1 Å². The highest BCUT2D eigenvalue weighted by atomic mass is 19.3.